The molecule has 2 heterocycles. The number of fused-ring (bicyclic) bond motifs is 1. The Bertz CT molecular complexity index is 1100. The summed E-state index contributed by atoms with van der Waals surface area (Å²) in [6.07, 6.45) is 0. The van der Waals surface area contributed by atoms with Gasteiger partial charge in [-0.2, -0.15) is 0 Å². The van der Waals surface area contributed by atoms with E-state index in [1.807, 2.05) is 39.0 Å². The quantitative estimate of drug-likeness (QED) is 0.256. The topological polar surface area (TPSA) is 82.3 Å². The molecule has 0 N–H and O–H groups in total. The van der Waals surface area contributed by atoms with Crippen molar-refractivity contribution in [3.63, 3.8) is 0 Å². The van der Waals surface area contributed by atoms with Crippen molar-refractivity contribution in [2.24, 2.45) is 0 Å². The number of hydrogen-bond acceptors (Lipinski definition) is 7. The average molecular weight is 413 g/mol. The van der Waals surface area contributed by atoms with Crippen molar-refractivity contribution >= 4 is 28.7 Å². The third-order valence-corrected chi connectivity index (χ3v) is 5.33. The van der Waals surface area contributed by atoms with E-state index >= 15 is 0 Å². The van der Waals surface area contributed by atoms with Crippen LogP contribution in [0.2, 0.25) is 0 Å². The third kappa shape index (κ3) is 5.23. The molecule has 29 heavy (non-hydrogen) atoms. The van der Waals surface area contributed by atoms with E-state index in [4.69, 9.17) is 9.15 Å². The summed E-state index contributed by atoms with van der Waals surface area (Å²) in [5.74, 6) is 0.0322. The Kier molecular flexibility index (Phi) is 6.37. The van der Waals surface area contributed by atoms with Gasteiger partial charge in [-0.1, -0.05) is 25.6 Å². The Morgan fingerprint density at radius 1 is 1.10 bits per heavy atom. The normalized spacial score (nSPS) is 11.2. The minimum atomic E-state index is -0.460. The summed E-state index contributed by atoms with van der Waals surface area (Å²) in [4.78, 5) is 32.7. The molecule has 0 bridgehead atoms. The molecule has 6 nitrogen and oxygen atoms in total. The number of ether oxygens (including phenoxy) is 1. The van der Waals surface area contributed by atoms with E-state index in [0.29, 0.717) is 22.2 Å². The molecule has 152 valence electrons. The molecule has 2 aromatic heterocycles. The van der Waals surface area contributed by atoms with Crippen LogP contribution in [0.3, 0.4) is 0 Å². The molecule has 0 saturated carbocycles. The number of thioether (sulfide) groups is 1. The first-order chi connectivity index (χ1) is 13.7. The lowest BCUT2D eigenvalue weighted by Crippen LogP contribution is -2.10. The molecule has 3 aromatic rings. The molecule has 0 aliphatic rings. The maximum absolute atomic E-state index is 12.2. The van der Waals surface area contributed by atoms with Gasteiger partial charge in [0.1, 0.15) is 12.2 Å². The predicted molar refractivity (Wildman–Crippen MR) is 113 cm³/mol. The third-order valence-electron chi connectivity index (χ3n) is 4.51. The van der Waals surface area contributed by atoms with E-state index in [2.05, 4.69) is 23.8 Å². The molecule has 7 heteroatoms. The SMILES string of the molecule is Cc1cc(C)nc(SCC(=O)OCc2cc(=O)oc3cc(C)c(C(C)C)cc23)n1. The number of benzene rings is 1. The summed E-state index contributed by atoms with van der Waals surface area (Å²) in [5, 5.41) is 1.33. The van der Waals surface area contributed by atoms with Crippen LogP contribution in [0, 0.1) is 20.8 Å². The summed E-state index contributed by atoms with van der Waals surface area (Å²) in [6, 6.07) is 7.14. The first-order valence-electron chi connectivity index (χ1n) is 9.41. The lowest BCUT2D eigenvalue weighted by atomic mass is 9.95. The van der Waals surface area contributed by atoms with Crippen LogP contribution < -0.4 is 5.63 Å². The molecule has 0 spiro atoms. The summed E-state index contributed by atoms with van der Waals surface area (Å²) in [6.45, 7) is 9.99. The van der Waals surface area contributed by atoms with Gasteiger partial charge in [0.25, 0.3) is 0 Å². The van der Waals surface area contributed by atoms with E-state index in [0.717, 1.165) is 22.3 Å². The number of aryl methyl sites for hydroxylation is 3. The van der Waals surface area contributed by atoms with Gasteiger partial charge in [0.2, 0.25) is 0 Å². The lowest BCUT2D eigenvalue weighted by Gasteiger charge is -2.13. The molecule has 0 atom stereocenters. The molecular formula is C22H24N2O4S. The van der Waals surface area contributed by atoms with Gasteiger partial charge in [0.15, 0.2) is 5.16 Å². The van der Waals surface area contributed by atoms with Crippen LogP contribution >= 0.6 is 11.8 Å². The number of carbonyl (C=O) groups excluding carboxylic acids is 1. The summed E-state index contributed by atoms with van der Waals surface area (Å²) >= 11 is 1.23. The number of hydrogen-bond donors (Lipinski definition) is 0. The van der Waals surface area contributed by atoms with Crippen molar-refractivity contribution in [1.82, 2.24) is 9.97 Å². The van der Waals surface area contributed by atoms with Crippen molar-refractivity contribution in [3.05, 3.63) is 62.8 Å². The number of rotatable bonds is 6. The highest BCUT2D eigenvalue weighted by Crippen LogP contribution is 2.27. The Labute approximate surface area is 173 Å². The molecule has 1 aromatic carbocycles. The van der Waals surface area contributed by atoms with E-state index in [1.165, 1.54) is 23.4 Å². The van der Waals surface area contributed by atoms with Crippen molar-refractivity contribution in [2.75, 3.05) is 5.75 Å². The second-order valence-electron chi connectivity index (χ2n) is 7.33. The molecule has 0 aliphatic carbocycles. The van der Waals surface area contributed by atoms with Crippen LogP contribution in [0.4, 0.5) is 0 Å². The monoisotopic (exact) mass is 412 g/mol. The highest BCUT2D eigenvalue weighted by molar-refractivity contribution is 7.99. The standard InChI is InChI=1S/C22H24N2O4S/c1-12(2)17-9-18-16(8-20(25)28-19(18)6-13(17)3)10-27-21(26)11-29-22-23-14(4)7-15(5)24-22/h6-9,12H,10-11H2,1-5H3. The van der Waals surface area contributed by atoms with E-state index < -0.39 is 11.6 Å². The first kappa shape index (κ1) is 21.0. The molecule has 0 fully saturated rings. The van der Waals surface area contributed by atoms with Crippen molar-refractivity contribution in [3.8, 4) is 0 Å². The lowest BCUT2D eigenvalue weighted by molar-refractivity contribution is -0.141. The van der Waals surface area contributed by atoms with Gasteiger partial charge in [-0.3, -0.25) is 4.79 Å². The molecule has 0 saturated heterocycles. The minimum Gasteiger partial charge on any atom is -0.460 e. The van der Waals surface area contributed by atoms with Crippen molar-refractivity contribution < 1.29 is 13.9 Å². The van der Waals surface area contributed by atoms with Gasteiger partial charge in [-0.25, -0.2) is 14.8 Å². The Hall–Kier alpha value is -2.67. The van der Waals surface area contributed by atoms with Gasteiger partial charge in [0.05, 0.1) is 5.75 Å². The largest absolute Gasteiger partial charge is 0.460 e. The van der Waals surface area contributed by atoms with Crippen molar-refractivity contribution in [1.29, 1.82) is 0 Å². The summed E-state index contributed by atoms with van der Waals surface area (Å²) < 4.78 is 10.7. The van der Waals surface area contributed by atoms with E-state index in [-0.39, 0.29) is 12.4 Å². The second kappa shape index (κ2) is 8.78. The minimum absolute atomic E-state index is 0.00971. The van der Waals surface area contributed by atoms with Crippen LogP contribution in [0.1, 0.15) is 47.8 Å². The van der Waals surface area contributed by atoms with Crippen LogP contribution in [-0.4, -0.2) is 21.7 Å². The van der Waals surface area contributed by atoms with Gasteiger partial charge < -0.3 is 9.15 Å². The summed E-state index contributed by atoms with van der Waals surface area (Å²) in [7, 11) is 0. The predicted octanol–water partition coefficient (Wildman–Crippen LogP) is 4.47. The zero-order valence-corrected chi connectivity index (χ0v) is 18.1. The number of carbonyl (C=O) groups is 1. The Morgan fingerprint density at radius 3 is 2.45 bits per heavy atom. The zero-order valence-electron chi connectivity index (χ0n) is 17.2. The fourth-order valence-electron chi connectivity index (χ4n) is 3.21. The molecule has 0 amide bonds. The van der Waals surface area contributed by atoms with Crippen molar-refractivity contribution in [2.45, 2.75) is 52.3 Å². The van der Waals surface area contributed by atoms with Gasteiger partial charge in [-0.15, -0.1) is 0 Å². The van der Waals surface area contributed by atoms with E-state index in [1.54, 1.807) is 0 Å². The zero-order chi connectivity index (χ0) is 21.1. The first-order valence-corrected chi connectivity index (χ1v) is 10.4. The molecule has 0 aliphatic heterocycles. The van der Waals surface area contributed by atoms with Gasteiger partial charge in [-0.05, 0) is 56.0 Å². The average Bonchev–Trinajstić information content (AvgIpc) is 2.62. The number of aromatic nitrogens is 2. The second-order valence-corrected chi connectivity index (χ2v) is 8.28. The Balaban J connectivity index is 1.74. The summed E-state index contributed by atoms with van der Waals surface area (Å²) in [5.41, 5.74) is 4.62. The van der Waals surface area contributed by atoms with Gasteiger partial charge >= 0.3 is 11.6 Å². The number of esters is 1. The van der Waals surface area contributed by atoms with Crippen LogP contribution in [0.5, 0.6) is 0 Å². The fourth-order valence-corrected chi connectivity index (χ4v) is 3.96. The van der Waals surface area contributed by atoms with Gasteiger partial charge in [0, 0.05) is 28.4 Å². The van der Waals surface area contributed by atoms with Crippen LogP contribution in [-0.2, 0) is 16.1 Å². The number of nitrogens with zero attached hydrogens (tertiary/aromatic N) is 2. The van der Waals surface area contributed by atoms with Crippen LogP contribution in [0.15, 0.2) is 38.6 Å². The molecular weight excluding hydrogens is 388 g/mol. The van der Waals surface area contributed by atoms with E-state index in [9.17, 15) is 9.59 Å². The molecule has 3 rings (SSSR count). The highest BCUT2D eigenvalue weighted by atomic mass is 32.2. The fraction of sp³-hybridized carbons (Fsp3) is 0.364. The molecule has 0 unspecified atom stereocenters. The maximum Gasteiger partial charge on any atom is 0.336 e. The Morgan fingerprint density at radius 2 is 1.79 bits per heavy atom. The highest BCUT2D eigenvalue weighted by Gasteiger charge is 2.13. The van der Waals surface area contributed by atoms with Crippen LogP contribution in [0.25, 0.3) is 11.0 Å². The smallest absolute Gasteiger partial charge is 0.336 e. The molecule has 0 radical (unpaired) electrons. The maximum atomic E-state index is 12.2.